The summed E-state index contributed by atoms with van der Waals surface area (Å²) in [5, 5.41) is 12.0. The second-order valence-electron chi connectivity index (χ2n) is 16.1. The number of aliphatic hydroxyl groups excluding tert-OH is 1. The molecule has 0 saturated carbocycles. The summed E-state index contributed by atoms with van der Waals surface area (Å²) in [6, 6.07) is 0. The van der Waals surface area contributed by atoms with Crippen LogP contribution in [0.15, 0.2) is 12.7 Å². The van der Waals surface area contributed by atoms with Gasteiger partial charge in [-0.1, -0.05) is 75.3 Å². The molecule has 38 heavy (non-hydrogen) atoms. The molecule has 226 valence electrons. The lowest BCUT2D eigenvalue weighted by molar-refractivity contribution is -0.161. The van der Waals surface area contributed by atoms with Gasteiger partial charge in [0.15, 0.2) is 16.6 Å². The van der Waals surface area contributed by atoms with Crippen molar-refractivity contribution in [2.75, 3.05) is 0 Å². The Hall–Kier alpha value is -0.476. The van der Waals surface area contributed by atoms with E-state index < -0.39 is 39.9 Å². The molecule has 0 spiro atoms. The predicted octanol–water partition coefficient (Wildman–Crippen LogP) is 8.73. The van der Waals surface area contributed by atoms with Crippen molar-refractivity contribution in [2.45, 2.75) is 163 Å². The molecule has 0 fully saturated rings. The van der Waals surface area contributed by atoms with Crippen molar-refractivity contribution in [3.8, 4) is 0 Å². The van der Waals surface area contributed by atoms with Crippen LogP contribution in [0.4, 0.5) is 0 Å². The van der Waals surface area contributed by atoms with Crippen LogP contribution in [0.3, 0.4) is 0 Å². The molecule has 0 aliphatic carbocycles. The van der Waals surface area contributed by atoms with Crippen LogP contribution in [-0.4, -0.2) is 51.6 Å². The van der Waals surface area contributed by atoms with Crippen LogP contribution < -0.4 is 0 Å². The van der Waals surface area contributed by atoms with Crippen molar-refractivity contribution in [1.82, 2.24) is 0 Å². The molecule has 0 bridgehead atoms. The number of allylic oxidation sites excluding steroid dienone is 1. The quantitative estimate of drug-likeness (QED) is 0.136. The highest BCUT2D eigenvalue weighted by Crippen LogP contribution is 2.45. The summed E-state index contributed by atoms with van der Waals surface area (Å²) in [4.78, 5) is 13.1. The molecule has 0 aliphatic heterocycles. The van der Waals surface area contributed by atoms with Crippen molar-refractivity contribution in [3.63, 3.8) is 0 Å². The highest BCUT2D eigenvalue weighted by atomic mass is 28.4. The van der Waals surface area contributed by atoms with Gasteiger partial charge in [0.2, 0.25) is 0 Å². The third-order valence-electron chi connectivity index (χ3n) is 8.96. The van der Waals surface area contributed by atoms with Crippen molar-refractivity contribution in [3.05, 3.63) is 12.7 Å². The van der Waals surface area contributed by atoms with Gasteiger partial charge in [-0.25, -0.2) is 0 Å². The van der Waals surface area contributed by atoms with Gasteiger partial charge in [0.05, 0.1) is 24.7 Å². The molecule has 0 rings (SSSR count). The Morgan fingerprint density at radius 2 is 1.26 bits per heavy atom. The largest absolute Gasteiger partial charge is 0.460 e. The number of carbonyl (C=O) groups is 1. The Balaban J connectivity index is 6.48. The summed E-state index contributed by atoms with van der Waals surface area (Å²) in [6.45, 7) is 40.1. The first kappa shape index (κ1) is 37.5. The topological polar surface area (TPSA) is 65.0 Å². The number of rotatable bonds is 13. The Morgan fingerprint density at radius 3 is 1.63 bits per heavy atom. The van der Waals surface area contributed by atoms with Crippen LogP contribution in [0.1, 0.15) is 103 Å². The van der Waals surface area contributed by atoms with E-state index in [2.05, 4.69) is 88.2 Å². The molecule has 0 aromatic heterocycles. The van der Waals surface area contributed by atoms with E-state index >= 15 is 0 Å². The Morgan fingerprint density at radius 1 is 0.842 bits per heavy atom. The van der Waals surface area contributed by atoms with Gasteiger partial charge in [-0.3, -0.25) is 4.79 Å². The molecule has 0 heterocycles. The van der Waals surface area contributed by atoms with E-state index in [9.17, 15) is 9.90 Å². The molecule has 7 heteroatoms. The van der Waals surface area contributed by atoms with Gasteiger partial charge >= 0.3 is 5.97 Å². The molecule has 0 aromatic carbocycles. The summed E-state index contributed by atoms with van der Waals surface area (Å²) in [6.07, 6.45) is 1.41. The minimum absolute atomic E-state index is 0.0434. The van der Waals surface area contributed by atoms with Crippen LogP contribution in [0.2, 0.25) is 36.3 Å². The smallest absolute Gasteiger partial charge is 0.308 e. The normalized spacial score (nSPS) is 18.4. The van der Waals surface area contributed by atoms with Crippen LogP contribution in [0, 0.1) is 17.3 Å². The summed E-state index contributed by atoms with van der Waals surface area (Å²) in [7, 11) is -4.38. The van der Waals surface area contributed by atoms with Gasteiger partial charge in [-0.15, -0.1) is 6.58 Å². The van der Waals surface area contributed by atoms with E-state index in [1.54, 1.807) is 0 Å². The predicted molar refractivity (Wildman–Crippen MR) is 168 cm³/mol. The van der Waals surface area contributed by atoms with Gasteiger partial charge in [-0.05, 0) is 69.4 Å². The van der Waals surface area contributed by atoms with Gasteiger partial charge in [0.1, 0.15) is 5.60 Å². The van der Waals surface area contributed by atoms with E-state index in [1.165, 1.54) is 0 Å². The fraction of sp³-hybridized carbons (Fsp3) is 0.903. The highest BCUT2D eigenvalue weighted by Gasteiger charge is 2.50. The summed E-state index contributed by atoms with van der Waals surface area (Å²) < 4.78 is 19.6. The molecule has 0 unspecified atom stereocenters. The fourth-order valence-corrected chi connectivity index (χ4v) is 7.16. The molecule has 1 N–H and O–H groups in total. The van der Waals surface area contributed by atoms with E-state index in [1.807, 2.05) is 40.7 Å². The number of ether oxygens (including phenoxy) is 1. The zero-order chi connectivity index (χ0) is 30.7. The van der Waals surface area contributed by atoms with Crippen LogP contribution >= 0.6 is 0 Å². The molecule has 5 atom stereocenters. The molecule has 0 radical (unpaired) electrons. The lowest BCUT2D eigenvalue weighted by Gasteiger charge is -2.49. The van der Waals surface area contributed by atoms with Crippen LogP contribution in [0.25, 0.3) is 0 Å². The maximum atomic E-state index is 13.1. The molecular weight excluding hydrogens is 509 g/mol. The first-order valence-corrected chi connectivity index (χ1v) is 20.3. The fourth-order valence-electron chi connectivity index (χ4n) is 4.23. The van der Waals surface area contributed by atoms with E-state index in [-0.39, 0.29) is 40.4 Å². The lowest BCUT2D eigenvalue weighted by atomic mass is 9.71. The number of carbonyl (C=O) groups excluding carboxylic acids is 1. The van der Waals surface area contributed by atoms with Gasteiger partial charge in [0, 0.05) is 11.3 Å². The first-order valence-electron chi connectivity index (χ1n) is 14.5. The van der Waals surface area contributed by atoms with Gasteiger partial charge < -0.3 is 18.7 Å². The number of hydrogen-bond donors (Lipinski definition) is 1. The molecule has 5 nitrogen and oxygen atoms in total. The zero-order valence-corrected chi connectivity index (χ0v) is 30.2. The van der Waals surface area contributed by atoms with Crippen molar-refractivity contribution < 1.29 is 23.5 Å². The average molecular weight is 573 g/mol. The SMILES string of the molecule is C=CC[C@H](C)[C@H](O[Si](C)(C)C(C)(C)C)[C@@H](C)[C@@H](O)C(C)(C)[C@H](CC(=O)OC(C)(C)C)O[Si](C)(C)C(C)(C)C. The maximum absolute atomic E-state index is 13.1. The average Bonchev–Trinajstić information content (AvgIpc) is 2.67. The minimum atomic E-state index is -2.27. The highest BCUT2D eigenvalue weighted by molar-refractivity contribution is 6.74. The van der Waals surface area contributed by atoms with Crippen molar-refractivity contribution in [2.24, 2.45) is 17.3 Å². The molecule has 0 saturated heterocycles. The third-order valence-corrected chi connectivity index (χ3v) is 17.9. The first-order chi connectivity index (χ1) is 16.6. The summed E-state index contributed by atoms with van der Waals surface area (Å²) >= 11 is 0. The summed E-state index contributed by atoms with van der Waals surface area (Å²) in [5.74, 6) is -0.297. The molecular formula is C31H64O5Si2. The Kier molecular flexibility index (Phi) is 12.8. The monoisotopic (exact) mass is 572 g/mol. The standard InChI is InChI=1S/C31H64O5Si2/c1-19-20-22(2)26(36-38(17,18)30(10,11)12)23(3)27(33)31(13,14)24(21-25(32)34-28(4,5)6)35-37(15,16)29(7,8)9/h19,22-24,26-27,33H,1,20-21H2,2-18H3/t22-,23+,24-,26-,27+/m0/s1. The Bertz CT molecular complexity index is 769. The number of hydrogen-bond acceptors (Lipinski definition) is 5. The lowest BCUT2D eigenvalue weighted by Crippen LogP contribution is -2.56. The van der Waals surface area contributed by atoms with E-state index in [0.717, 1.165) is 6.42 Å². The van der Waals surface area contributed by atoms with E-state index in [0.29, 0.717) is 0 Å². The number of esters is 1. The molecule has 0 aliphatic rings. The molecule has 0 aromatic rings. The van der Waals surface area contributed by atoms with Crippen LogP contribution in [0.5, 0.6) is 0 Å². The van der Waals surface area contributed by atoms with E-state index in [4.69, 9.17) is 13.6 Å². The summed E-state index contributed by atoms with van der Waals surface area (Å²) in [5.41, 5.74) is -1.31. The second kappa shape index (κ2) is 13.0. The van der Waals surface area contributed by atoms with Gasteiger partial charge in [-0.2, -0.15) is 0 Å². The van der Waals surface area contributed by atoms with Crippen LogP contribution in [-0.2, 0) is 18.4 Å². The number of aliphatic hydroxyl groups is 1. The maximum Gasteiger partial charge on any atom is 0.308 e. The third kappa shape index (κ3) is 10.5. The molecule has 0 amide bonds. The zero-order valence-electron chi connectivity index (χ0n) is 28.2. The minimum Gasteiger partial charge on any atom is -0.460 e. The van der Waals surface area contributed by atoms with Crippen molar-refractivity contribution >= 4 is 22.6 Å². The Labute approximate surface area is 238 Å². The van der Waals surface area contributed by atoms with Gasteiger partial charge in [0.25, 0.3) is 0 Å². The second-order valence-corrected chi connectivity index (χ2v) is 25.6. The van der Waals surface area contributed by atoms with Crippen molar-refractivity contribution in [1.29, 1.82) is 0 Å².